The van der Waals surface area contributed by atoms with E-state index >= 15 is 0 Å². The normalized spacial score (nSPS) is 13.8. The highest BCUT2D eigenvalue weighted by molar-refractivity contribution is 5.93. The second-order valence-electron chi connectivity index (χ2n) is 7.08. The number of aromatic amines is 1. The summed E-state index contributed by atoms with van der Waals surface area (Å²) in [7, 11) is 1.91. The predicted octanol–water partition coefficient (Wildman–Crippen LogP) is 3.37. The minimum absolute atomic E-state index is 0.116. The predicted molar refractivity (Wildman–Crippen MR) is 99.6 cm³/mol. The van der Waals surface area contributed by atoms with E-state index in [-0.39, 0.29) is 17.8 Å². The van der Waals surface area contributed by atoms with Gasteiger partial charge in [-0.15, -0.1) is 0 Å². The first-order chi connectivity index (χ1) is 13.0. The van der Waals surface area contributed by atoms with Crippen LogP contribution in [0.1, 0.15) is 40.3 Å². The quantitative estimate of drug-likeness (QED) is 0.752. The van der Waals surface area contributed by atoms with E-state index in [1.54, 1.807) is 24.3 Å². The van der Waals surface area contributed by atoms with E-state index in [9.17, 15) is 9.18 Å². The van der Waals surface area contributed by atoms with Gasteiger partial charge in [0.15, 0.2) is 0 Å². The Labute approximate surface area is 157 Å². The van der Waals surface area contributed by atoms with Crippen molar-refractivity contribution in [3.8, 4) is 11.3 Å². The summed E-state index contributed by atoms with van der Waals surface area (Å²) in [5, 5.41) is 11.4. The highest BCUT2D eigenvalue weighted by Crippen LogP contribution is 2.31. The zero-order valence-corrected chi connectivity index (χ0v) is 15.7. The van der Waals surface area contributed by atoms with Crippen LogP contribution in [0.15, 0.2) is 30.3 Å². The minimum Gasteiger partial charge on any atom is -0.330 e. The van der Waals surface area contributed by atoms with Crippen LogP contribution >= 0.6 is 0 Å². The summed E-state index contributed by atoms with van der Waals surface area (Å²) in [5.74, 6) is -0.473. The van der Waals surface area contributed by atoms with Crippen molar-refractivity contribution in [1.29, 1.82) is 0 Å². The molecule has 2 heterocycles. The molecule has 0 unspecified atom stereocenters. The first-order valence-electron chi connectivity index (χ1n) is 9.06. The molecule has 1 aliphatic rings. The Morgan fingerprint density at radius 2 is 2.07 bits per heavy atom. The lowest BCUT2D eigenvalue weighted by atomic mass is 10.1. The van der Waals surface area contributed by atoms with Crippen molar-refractivity contribution in [2.75, 3.05) is 0 Å². The first kappa shape index (κ1) is 17.5. The number of nitrogens with one attached hydrogen (secondary N) is 1. The lowest BCUT2D eigenvalue weighted by Crippen LogP contribution is -2.33. The molecular formula is C20H22FN5O. The molecule has 6 nitrogen and oxygen atoms in total. The number of aryl methyl sites for hydroxylation is 2. The fourth-order valence-electron chi connectivity index (χ4n) is 3.36. The van der Waals surface area contributed by atoms with Crippen LogP contribution in [0.5, 0.6) is 0 Å². The molecule has 0 aliphatic heterocycles. The van der Waals surface area contributed by atoms with Crippen molar-refractivity contribution < 1.29 is 9.18 Å². The summed E-state index contributed by atoms with van der Waals surface area (Å²) < 4.78 is 15.8. The van der Waals surface area contributed by atoms with E-state index in [0.29, 0.717) is 23.5 Å². The highest BCUT2D eigenvalue weighted by Gasteiger charge is 2.35. The molecule has 4 rings (SSSR count). The number of carbonyl (C=O) groups excluding carboxylic acids is 1. The molecule has 0 radical (unpaired) electrons. The second kappa shape index (κ2) is 6.64. The van der Waals surface area contributed by atoms with Gasteiger partial charge in [-0.1, -0.05) is 12.1 Å². The SMILES string of the molecule is Cc1nn(C)c(C)c1CN(C(=O)c1cc(-c2ccccc2F)n[nH]1)C1CC1. The minimum atomic E-state index is -0.358. The highest BCUT2D eigenvalue weighted by atomic mass is 19.1. The summed E-state index contributed by atoms with van der Waals surface area (Å²) in [5.41, 5.74) is 4.25. The Bertz CT molecular complexity index is 1000. The Kier molecular flexibility index (Phi) is 4.30. The number of hydrogen-bond acceptors (Lipinski definition) is 3. The van der Waals surface area contributed by atoms with Crippen molar-refractivity contribution in [2.45, 2.75) is 39.3 Å². The summed E-state index contributed by atoms with van der Waals surface area (Å²) in [6.45, 7) is 4.49. The second-order valence-corrected chi connectivity index (χ2v) is 7.08. The molecule has 1 amide bonds. The number of rotatable bonds is 5. The summed E-state index contributed by atoms with van der Waals surface area (Å²) in [6.07, 6.45) is 2.00. The standard InChI is InChI=1S/C20H22FN5O/c1-12-16(13(2)25(3)24-12)11-26(14-8-9-14)20(27)19-10-18(22-23-19)15-6-4-5-7-17(15)21/h4-7,10,14H,8-9,11H2,1-3H3,(H,22,23). The van der Waals surface area contributed by atoms with Crippen LogP contribution in [0, 0.1) is 19.7 Å². The summed E-state index contributed by atoms with van der Waals surface area (Å²) in [4.78, 5) is 15.0. The molecule has 0 bridgehead atoms. The van der Waals surface area contributed by atoms with Gasteiger partial charge >= 0.3 is 0 Å². The number of benzene rings is 1. The monoisotopic (exact) mass is 367 g/mol. The van der Waals surface area contributed by atoms with E-state index in [4.69, 9.17) is 0 Å². The number of halogens is 1. The molecule has 2 aromatic heterocycles. The van der Waals surface area contributed by atoms with Crippen molar-refractivity contribution in [1.82, 2.24) is 24.9 Å². The van der Waals surface area contributed by atoms with Crippen LogP contribution in [-0.2, 0) is 13.6 Å². The molecule has 7 heteroatoms. The molecular weight excluding hydrogens is 345 g/mol. The Morgan fingerprint density at radius 3 is 2.70 bits per heavy atom. The Balaban J connectivity index is 1.61. The topological polar surface area (TPSA) is 66.8 Å². The van der Waals surface area contributed by atoms with Crippen LogP contribution < -0.4 is 0 Å². The number of hydrogen-bond donors (Lipinski definition) is 1. The lowest BCUT2D eigenvalue weighted by molar-refractivity contribution is 0.0723. The van der Waals surface area contributed by atoms with Gasteiger partial charge < -0.3 is 4.90 Å². The van der Waals surface area contributed by atoms with Gasteiger partial charge in [0.05, 0.1) is 11.4 Å². The van der Waals surface area contributed by atoms with Crippen LogP contribution in [0.2, 0.25) is 0 Å². The van der Waals surface area contributed by atoms with E-state index in [2.05, 4.69) is 15.3 Å². The van der Waals surface area contributed by atoms with Crippen molar-refractivity contribution in [3.63, 3.8) is 0 Å². The smallest absolute Gasteiger partial charge is 0.272 e. The fraction of sp³-hybridized carbons (Fsp3) is 0.350. The average Bonchev–Trinajstić information content (AvgIpc) is 3.31. The maximum Gasteiger partial charge on any atom is 0.272 e. The Morgan fingerprint density at radius 1 is 1.33 bits per heavy atom. The molecule has 1 N–H and O–H groups in total. The van der Waals surface area contributed by atoms with Gasteiger partial charge in [-0.05, 0) is 44.9 Å². The molecule has 3 aromatic rings. The van der Waals surface area contributed by atoms with Gasteiger partial charge in [-0.3, -0.25) is 14.6 Å². The van der Waals surface area contributed by atoms with Crippen molar-refractivity contribution in [2.24, 2.45) is 7.05 Å². The molecule has 1 aromatic carbocycles. The van der Waals surface area contributed by atoms with Crippen molar-refractivity contribution in [3.05, 3.63) is 58.8 Å². The molecule has 0 spiro atoms. The largest absolute Gasteiger partial charge is 0.330 e. The number of H-pyrrole nitrogens is 1. The number of amides is 1. The Hall–Kier alpha value is -2.96. The van der Waals surface area contributed by atoms with Gasteiger partial charge in [-0.2, -0.15) is 10.2 Å². The lowest BCUT2D eigenvalue weighted by Gasteiger charge is -2.22. The van der Waals surface area contributed by atoms with Crippen LogP contribution in [0.3, 0.4) is 0 Å². The third-order valence-corrected chi connectivity index (χ3v) is 5.19. The molecule has 27 heavy (non-hydrogen) atoms. The molecule has 0 saturated heterocycles. The third kappa shape index (κ3) is 3.25. The zero-order chi connectivity index (χ0) is 19.1. The fourth-order valence-corrected chi connectivity index (χ4v) is 3.36. The number of carbonyl (C=O) groups is 1. The molecule has 1 fully saturated rings. The third-order valence-electron chi connectivity index (χ3n) is 5.19. The van der Waals surface area contributed by atoms with E-state index < -0.39 is 0 Å². The molecule has 1 aliphatic carbocycles. The van der Waals surface area contributed by atoms with E-state index in [1.165, 1.54) is 6.07 Å². The zero-order valence-electron chi connectivity index (χ0n) is 15.7. The average molecular weight is 367 g/mol. The first-order valence-corrected chi connectivity index (χ1v) is 9.06. The van der Waals surface area contributed by atoms with Crippen LogP contribution in [-0.4, -0.2) is 36.8 Å². The van der Waals surface area contributed by atoms with E-state index in [1.807, 2.05) is 30.5 Å². The maximum atomic E-state index is 14.0. The van der Waals surface area contributed by atoms with Gasteiger partial charge in [0.2, 0.25) is 0 Å². The maximum absolute atomic E-state index is 14.0. The summed E-state index contributed by atoms with van der Waals surface area (Å²) in [6, 6.07) is 8.27. The molecule has 1 saturated carbocycles. The van der Waals surface area contributed by atoms with Crippen molar-refractivity contribution >= 4 is 5.91 Å². The molecule has 0 atom stereocenters. The van der Waals surface area contributed by atoms with Gasteiger partial charge in [-0.25, -0.2) is 4.39 Å². The van der Waals surface area contributed by atoms with Crippen LogP contribution in [0.25, 0.3) is 11.3 Å². The molecule has 140 valence electrons. The number of aromatic nitrogens is 4. The summed E-state index contributed by atoms with van der Waals surface area (Å²) >= 11 is 0. The van der Waals surface area contributed by atoms with Gasteiger partial charge in [0.1, 0.15) is 11.5 Å². The van der Waals surface area contributed by atoms with Gasteiger partial charge in [0, 0.05) is 36.5 Å². The van der Waals surface area contributed by atoms with Gasteiger partial charge in [0.25, 0.3) is 5.91 Å². The van der Waals surface area contributed by atoms with E-state index in [0.717, 1.165) is 29.8 Å². The van der Waals surface area contributed by atoms with Crippen LogP contribution in [0.4, 0.5) is 4.39 Å². The number of nitrogens with zero attached hydrogens (tertiary/aromatic N) is 4.